The van der Waals surface area contributed by atoms with Crippen LogP contribution in [0.25, 0.3) is 0 Å². The van der Waals surface area contributed by atoms with E-state index < -0.39 is 5.91 Å². The van der Waals surface area contributed by atoms with Gasteiger partial charge in [-0.05, 0) is 49.6 Å². The van der Waals surface area contributed by atoms with Crippen LogP contribution in [0.3, 0.4) is 0 Å². The molecular formula is C17H17N3O2. The number of hydrogen-bond acceptors (Lipinski definition) is 3. The molecule has 22 heavy (non-hydrogen) atoms. The molecule has 0 aliphatic heterocycles. The SMILES string of the molecule is Cc1ccc(C(N)=O)cc1NC(=O)c1ccnc(C2CC2)c1. The van der Waals surface area contributed by atoms with Gasteiger partial charge in [-0.2, -0.15) is 0 Å². The van der Waals surface area contributed by atoms with Crippen molar-refractivity contribution in [3.05, 3.63) is 58.9 Å². The summed E-state index contributed by atoms with van der Waals surface area (Å²) in [6, 6.07) is 8.52. The number of amides is 2. The smallest absolute Gasteiger partial charge is 0.255 e. The van der Waals surface area contributed by atoms with Gasteiger partial charge >= 0.3 is 0 Å². The first-order valence-corrected chi connectivity index (χ1v) is 7.22. The Bertz CT molecular complexity index is 751. The molecule has 0 spiro atoms. The molecule has 1 fully saturated rings. The van der Waals surface area contributed by atoms with Gasteiger partial charge in [0.25, 0.3) is 5.91 Å². The zero-order valence-corrected chi connectivity index (χ0v) is 12.3. The molecule has 1 saturated carbocycles. The minimum Gasteiger partial charge on any atom is -0.366 e. The lowest BCUT2D eigenvalue weighted by atomic mass is 10.1. The van der Waals surface area contributed by atoms with E-state index in [0.29, 0.717) is 22.7 Å². The monoisotopic (exact) mass is 295 g/mol. The minimum absolute atomic E-state index is 0.214. The maximum Gasteiger partial charge on any atom is 0.255 e. The first-order valence-electron chi connectivity index (χ1n) is 7.22. The Balaban J connectivity index is 1.83. The van der Waals surface area contributed by atoms with Crippen LogP contribution < -0.4 is 11.1 Å². The van der Waals surface area contributed by atoms with Crippen molar-refractivity contribution in [2.45, 2.75) is 25.7 Å². The van der Waals surface area contributed by atoms with Gasteiger partial charge in [-0.1, -0.05) is 6.07 Å². The van der Waals surface area contributed by atoms with Crippen LogP contribution in [-0.2, 0) is 0 Å². The molecule has 1 aromatic carbocycles. The third kappa shape index (κ3) is 2.98. The molecule has 0 unspecified atom stereocenters. The number of rotatable bonds is 4. The highest BCUT2D eigenvalue weighted by Gasteiger charge is 2.25. The number of anilines is 1. The van der Waals surface area contributed by atoms with Crippen LogP contribution in [0.5, 0.6) is 0 Å². The van der Waals surface area contributed by atoms with Crippen LogP contribution >= 0.6 is 0 Å². The largest absolute Gasteiger partial charge is 0.366 e. The van der Waals surface area contributed by atoms with Crippen molar-refractivity contribution in [3.8, 4) is 0 Å². The third-order valence-electron chi connectivity index (χ3n) is 3.81. The van der Waals surface area contributed by atoms with Crippen LogP contribution in [0.15, 0.2) is 36.5 Å². The molecule has 0 bridgehead atoms. The van der Waals surface area contributed by atoms with E-state index in [2.05, 4.69) is 10.3 Å². The standard InChI is InChI=1S/C17H17N3O2/c1-10-2-3-12(16(18)21)8-14(10)20-17(22)13-6-7-19-15(9-13)11-4-5-11/h2-3,6-9,11H,4-5H2,1H3,(H2,18,21)(H,20,22). The summed E-state index contributed by atoms with van der Waals surface area (Å²) in [5, 5.41) is 2.83. The highest BCUT2D eigenvalue weighted by molar-refractivity contribution is 6.05. The maximum absolute atomic E-state index is 12.4. The van der Waals surface area contributed by atoms with Crippen LogP contribution in [0.2, 0.25) is 0 Å². The van der Waals surface area contributed by atoms with E-state index >= 15 is 0 Å². The van der Waals surface area contributed by atoms with Crippen molar-refractivity contribution in [3.63, 3.8) is 0 Å². The number of primary amides is 1. The molecule has 0 saturated heterocycles. The Labute approximate surface area is 128 Å². The van der Waals surface area contributed by atoms with Gasteiger partial charge in [0.15, 0.2) is 0 Å². The number of nitrogens with one attached hydrogen (secondary N) is 1. The van der Waals surface area contributed by atoms with E-state index in [4.69, 9.17) is 5.73 Å². The normalized spacial score (nSPS) is 13.7. The summed E-state index contributed by atoms with van der Waals surface area (Å²) in [6.45, 7) is 1.86. The summed E-state index contributed by atoms with van der Waals surface area (Å²) in [7, 11) is 0. The van der Waals surface area contributed by atoms with Gasteiger partial charge in [-0.15, -0.1) is 0 Å². The van der Waals surface area contributed by atoms with Gasteiger partial charge in [0.1, 0.15) is 0 Å². The zero-order chi connectivity index (χ0) is 15.7. The summed E-state index contributed by atoms with van der Waals surface area (Å²) in [6.07, 6.45) is 3.94. The maximum atomic E-state index is 12.4. The van der Waals surface area contributed by atoms with Crippen LogP contribution in [0, 0.1) is 6.92 Å². The number of benzene rings is 1. The van der Waals surface area contributed by atoms with E-state index in [1.54, 1.807) is 30.5 Å². The Morgan fingerprint density at radius 1 is 1.18 bits per heavy atom. The lowest BCUT2D eigenvalue weighted by Crippen LogP contribution is -2.15. The van der Waals surface area contributed by atoms with Crippen molar-refractivity contribution in [2.24, 2.45) is 5.73 Å². The number of aryl methyl sites for hydroxylation is 1. The molecule has 2 amide bonds. The van der Waals surface area contributed by atoms with E-state index in [1.165, 1.54) is 0 Å². The lowest BCUT2D eigenvalue weighted by molar-refractivity contribution is 0.0996. The first-order chi connectivity index (χ1) is 10.5. The molecule has 1 aliphatic carbocycles. The molecule has 1 aromatic heterocycles. The van der Waals surface area contributed by atoms with Gasteiger partial charge in [0.2, 0.25) is 5.91 Å². The molecule has 3 rings (SSSR count). The molecule has 5 nitrogen and oxygen atoms in total. The number of carbonyl (C=O) groups is 2. The fraction of sp³-hybridized carbons (Fsp3) is 0.235. The minimum atomic E-state index is -0.518. The highest BCUT2D eigenvalue weighted by atomic mass is 16.2. The number of nitrogens with two attached hydrogens (primary N) is 1. The molecular weight excluding hydrogens is 278 g/mol. The Hall–Kier alpha value is -2.69. The van der Waals surface area contributed by atoms with Crippen molar-refractivity contribution in [1.82, 2.24) is 4.98 Å². The predicted molar refractivity (Wildman–Crippen MR) is 83.9 cm³/mol. The van der Waals surface area contributed by atoms with Crippen LogP contribution in [-0.4, -0.2) is 16.8 Å². The summed E-state index contributed by atoms with van der Waals surface area (Å²) < 4.78 is 0. The topological polar surface area (TPSA) is 85.1 Å². The molecule has 1 heterocycles. The summed E-state index contributed by atoms with van der Waals surface area (Å²) in [5.74, 6) is -0.239. The predicted octanol–water partition coefficient (Wildman–Crippen LogP) is 2.62. The van der Waals surface area contributed by atoms with Crippen molar-refractivity contribution < 1.29 is 9.59 Å². The molecule has 3 N–H and O–H groups in total. The van der Waals surface area contributed by atoms with Crippen molar-refractivity contribution in [2.75, 3.05) is 5.32 Å². The lowest BCUT2D eigenvalue weighted by Gasteiger charge is -2.10. The Kier molecular flexibility index (Phi) is 3.63. The number of aromatic nitrogens is 1. The first kappa shape index (κ1) is 14.3. The Morgan fingerprint density at radius 3 is 2.64 bits per heavy atom. The quantitative estimate of drug-likeness (QED) is 0.909. The average molecular weight is 295 g/mol. The van der Waals surface area contributed by atoms with Crippen LogP contribution in [0.4, 0.5) is 5.69 Å². The van der Waals surface area contributed by atoms with Gasteiger partial charge in [0, 0.05) is 34.6 Å². The fourth-order valence-electron chi connectivity index (χ4n) is 2.30. The van der Waals surface area contributed by atoms with E-state index in [9.17, 15) is 9.59 Å². The van der Waals surface area contributed by atoms with Crippen molar-refractivity contribution in [1.29, 1.82) is 0 Å². The second kappa shape index (κ2) is 5.60. The molecule has 2 aromatic rings. The molecule has 112 valence electrons. The Morgan fingerprint density at radius 2 is 1.95 bits per heavy atom. The van der Waals surface area contributed by atoms with E-state index in [-0.39, 0.29) is 5.91 Å². The van der Waals surface area contributed by atoms with Gasteiger partial charge in [-0.25, -0.2) is 0 Å². The second-order valence-corrected chi connectivity index (χ2v) is 5.59. The average Bonchev–Trinajstić information content (AvgIpc) is 3.34. The second-order valence-electron chi connectivity index (χ2n) is 5.59. The number of pyridine rings is 1. The van der Waals surface area contributed by atoms with Crippen LogP contribution in [0.1, 0.15) is 50.7 Å². The van der Waals surface area contributed by atoms with E-state index in [1.807, 2.05) is 13.0 Å². The van der Waals surface area contributed by atoms with Gasteiger partial charge < -0.3 is 11.1 Å². The zero-order valence-electron chi connectivity index (χ0n) is 12.3. The molecule has 0 radical (unpaired) electrons. The van der Waals surface area contributed by atoms with Crippen molar-refractivity contribution >= 4 is 17.5 Å². The summed E-state index contributed by atoms with van der Waals surface area (Å²) in [4.78, 5) is 27.9. The third-order valence-corrected chi connectivity index (χ3v) is 3.81. The van der Waals surface area contributed by atoms with Gasteiger partial charge in [0.05, 0.1) is 0 Å². The summed E-state index contributed by atoms with van der Waals surface area (Å²) in [5.41, 5.74) is 8.64. The molecule has 5 heteroatoms. The molecule has 1 aliphatic rings. The number of nitrogens with zero attached hydrogens (tertiary/aromatic N) is 1. The number of hydrogen-bond donors (Lipinski definition) is 2. The fourth-order valence-corrected chi connectivity index (χ4v) is 2.30. The highest BCUT2D eigenvalue weighted by Crippen LogP contribution is 2.39. The van der Waals surface area contributed by atoms with Gasteiger partial charge in [-0.3, -0.25) is 14.6 Å². The van der Waals surface area contributed by atoms with E-state index in [0.717, 1.165) is 24.1 Å². The molecule has 0 atom stereocenters. The number of carbonyl (C=O) groups excluding carboxylic acids is 2. The summed E-state index contributed by atoms with van der Waals surface area (Å²) >= 11 is 0.